The summed E-state index contributed by atoms with van der Waals surface area (Å²) in [7, 11) is 0. The van der Waals surface area contributed by atoms with Gasteiger partial charge in [0.25, 0.3) is 0 Å². The minimum absolute atomic E-state index is 0.356. The van der Waals surface area contributed by atoms with Gasteiger partial charge in [-0.05, 0) is 12.2 Å². The van der Waals surface area contributed by atoms with Crippen molar-refractivity contribution < 1.29 is 9.00 Å². The maximum Gasteiger partial charge on any atom is 0.228 e. The highest BCUT2D eigenvalue weighted by atomic mass is 32.1. The van der Waals surface area contributed by atoms with Gasteiger partial charge in [-0.15, -0.1) is 0 Å². The molecule has 3 nitrogen and oxygen atoms in total. The van der Waals surface area contributed by atoms with Gasteiger partial charge >= 0.3 is 0 Å². The molecule has 0 saturated heterocycles. The van der Waals surface area contributed by atoms with Crippen molar-refractivity contribution in [3.8, 4) is 0 Å². The minimum Gasteiger partial charge on any atom is -0.369 e. The van der Waals surface area contributed by atoms with Crippen molar-refractivity contribution in [3.63, 3.8) is 0 Å². The van der Waals surface area contributed by atoms with Crippen LogP contribution in [0.4, 0.5) is 0 Å². The SMILES string of the molecule is NC(=O)C1C=CC(=S=O)C=C1. The summed E-state index contributed by atoms with van der Waals surface area (Å²) in [5.74, 6) is -0.752. The molecule has 0 aromatic rings. The quantitative estimate of drug-likeness (QED) is 0.543. The van der Waals surface area contributed by atoms with Crippen LogP contribution in [-0.4, -0.2) is 15.0 Å². The number of rotatable bonds is 1. The van der Waals surface area contributed by atoms with Crippen molar-refractivity contribution in [2.24, 2.45) is 11.7 Å². The van der Waals surface area contributed by atoms with E-state index in [0.717, 1.165) is 0 Å². The lowest BCUT2D eigenvalue weighted by Crippen LogP contribution is -2.21. The number of hydrogen-bond acceptors (Lipinski definition) is 2. The standard InChI is InChI=1S/C7H7NO2S/c8-7(9)5-1-3-6(11-10)4-2-5/h1-5H,(H2,8,9). The van der Waals surface area contributed by atoms with Crippen LogP contribution >= 0.6 is 0 Å². The highest BCUT2D eigenvalue weighted by molar-refractivity contribution is 7.67. The molecule has 0 radical (unpaired) electrons. The molecule has 0 spiro atoms. The van der Waals surface area contributed by atoms with Crippen LogP contribution in [0.3, 0.4) is 0 Å². The van der Waals surface area contributed by atoms with E-state index in [1.165, 1.54) is 0 Å². The lowest BCUT2D eigenvalue weighted by atomic mass is 10.0. The predicted octanol–water partition coefficient (Wildman–Crippen LogP) is -0.401. The Bertz CT molecular complexity index is 271. The number of amides is 1. The maximum atomic E-state index is 10.6. The normalized spacial score (nSPS) is 21.8. The maximum absolute atomic E-state index is 10.6. The van der Waals surface area contributed by atoms with Crippen LogP contribution in [0.2, 0.25) is 0 Å². The van der Waals surface area contributed by atoms with Crippen molar-refractivity contribution in [3.05, 3.63) is 24.3 Å². The lowest BCUT2D eigenvalue weighted by molar-refractivity contribution is -0.119. The van der Waals surface area contributed by atoms with Gasteiger partial charge in [0.15, 0.2) is 0 Å². The second-order valence-corrected chi connectivity index (χ2v) is 2.77. The number of hydrogen-bond donors (Lipinski definition) is 1. The molecule has 0 bridgehead atoms. The molecule has 1 rings (SSSR count). The van der Waals surface area contributed by atoms with E-state index in [4.69, 9.17) is 5.73 Å². The van der Waals surface area contributed by atoms with E-state index in [2.05, 4.69) is 0 Å². The van der Waals surface area contributed by atoms with Gasteiger partial charge in [-0.3, -0.25) is 4.79 Å². The third-order valence-corrected chi connectivity index (χ3v) is 1.83. The molecule has 1 amide bonds. The molecule has 2 N–H and O–H groups in total. The molecule has 58 valence electrons. The van der Waals surface area contributed by atoms with Gasteiger partial charge in [0.05, 0.1) is 22.0 Å². The number of nitrogens with two attached hydrogens (primary N) is 1. The minimum atomic E-state index is -0.396. The molecular formula is C7H7NO2S. The Morgan fingerprint density at radius 3 is 2.36 bits per heavy atom. The molecule has 0 heterocycles. The average Bonchev–Trinajstić information content (AvgIpc) is 2.05. The van der Waals surface area contributed by atoms with E-state index in [1.54, 1.807) is 24.3 Å². The number of carbonyl (C=O) groups excluding carboxylic acids is 1. The Morgan fingerprint density at radius 1 is 1.45 bits per heavy atom. The lowest BCUT2D eigenvalue weighted by Gasteiger charge is -2.04. The zero-order valence-corrected chi connectivity index (χ0v) is 6.51. The fourth-order valence-corrected chi connectivity index (χ4v) is 1.03. The largest absolute Gasteiger partial charge is 0.369 e. The zero-order valence-electron chi connectivity index (χ0n) is 5.69. The molecule has 0 atom stereocenters. The predicted molar refractivity (Wildman–Crippen MR) is 44.1 cm³/mol. The summed E-state index contributed by atoms with van der Waals surface area (Å²) < 4.78 is 10.2. The van der Waals surface area contributed by atoms with E-state index < -0.39 is 5.91 Å². The van der Waals surface area contributed by atoms with E-state index in [1.807, 2.05) is 0 Å². The van der Waals surface area contributed by atoms with E-state index >= 15 is 0 Å². The smallest absolute Gasteiger partial charge is 0.228 e. The molecule has 0 aromatic heterocycles. The van der Waals surface area contributed by atoms with Gasteiger partial charge in [-0.2, -0.15) is 0 Å². The van der Waals surface area contributed by atoms with Crippen LogP contribution < -0.4 is 5.73 Å². The summed E-state index contributed by atoms with van der Waals surface area (Å²) in [4.78, 5) is 11.2. The van der Waals surface area contributed by atoms with Crippen molar-refractivity contribution in [1.82, 2.24) is 0 Å². The summed E-state index contributed by atoms with van der Waals surface area (Å²) in [6.45, 7) is 0. The first kappa shape index (κ1) is 7.94. The van der Waals surface area contributed by atoms with Crippen molar-refractivity contribution in [1.29, 1.82) is 0 Å². The molecule has 0 saturated carbocycles. The molecule has 0 aliphatic heterocycles. The Morgan fingerprint density at radius 2 is 2.00 bits per heavy atom. The second kappa shape index (κ2) is 3.30. The summed E-state index contributed by atoms with van der Waals surface area (Å²) in [5, 5.41) is 0. The van der Waals surface area contributed by atoms with Crippen LogP contribution in [0.25, 0.3) is 0 Å². The molecule has 0 unspecified atom stereocenters. The number of carbonyl (C=O) groups is 1. The Labute approximate surface area is 67.7 Å². The van der Waals surface area contributed by atoms with Gasteiger partial charge in [0.2, 0.25) is 5.91 Å². The van der Waals surface area contributed by atoms with Gasteiger partial charge in [0.1, 0.15) is 0 Å². The number of allylic oxidation sites excluding steroid dienone is 2. The van der Waals surface area contributed by atoms with Crippen LogP contribution in [0.1, 0.15) is 0 Å². The zero-order chi connectivity index (χ0) is 8.27. The monoisotopic (exact) mass is 169 g/mol. The van der Waals surface area contributed by atoms with Gasteiger partial charge in [0, 0.05) is 0 Å². The number of primary amides is 1. The Kier molecular flexibility index (Phi) is 2.38. The van der Waals surface area contributed by atoms with E-state index in [-0.39, 0.29) is 5.92 Å². The molecular weight excluding hydrogens is 162 g/mol. The summed E-state index contributed by atoms with van der Waals surface area (Å²) in [5.41, 5.74) is 5.02. The second-order valence-electron chi connectivity index (χ2n) is 2.13. The highest BCUT2D eigenvalue weighted by Crippen LogP contribution is 2.05. The molecule has 1 aliphatic rings. The first-order chi connectivity index (χ1) is 5.24. The first-order valence-corrected chi connectivity index (χ1v) is 3.80. The molecule has 11 heavy (non-hydrogen) atoms. The average molecular weight is 169 g/mol. The first-order valence-electron chi connectivity index (χ1n) is 3.06. The molecule has 1 aliphatic carbocycles. The van der Waals surface area contributed by atoms with Crippen LogP contribution in [-0.2, 0) is 16.1 Å². The third-order valence-electron chi connectivity index (χ3n) is 1.36. The van der Waals surface area contributed by atoms with Crippen LogP contribution in [0.5, 0.6) is 0 Å². The van der Waals surface area contributed by atoms with Crippen molar-refractivity contribution in [2.45, 2.75) is 0 Å². The van der Waals surface area contributed by atoms with Crippen LogP contribution in [0.15, 0.2) is 24.3 Å². The fraction of sp³-hybridized carbons (Fsp3) is 0.143. The van der Waals surface area contributed by atoms with Crippen molar-refractivity contribution >= 4 is 22.0 Å². The Hall–Kier alpha value is -1.16. The summed E-state index contributed by atoms with van der Waals surface area (Å²) >= 11 is 0.400. The third kappa shape index (κ3) is 1.88. The van der Waals surface area contributed by atoms with Crippen LogP contribution in [0, 0.1) is 5.92 Å². The molecule has 4 heteroatoms. The summed E-state index contributed by atoms with van der Waals surface area (Å²) in [6.07, 6.45) is 6.44. The topological polar surface area (TPSA) is 60.2 Å². The van der Waals surface area contributed by atoms with Gasteiger partial charge in [-0.1, -0.05) is 12.2 Å². The van der Waals surface area contributed by atoms with Crippen molar-refractivity contribution in [2.75, 3.05) is 0 Å². The highest BCUT2D eigenvalue weighted by Gasteiger charge is 2.10. The molecule has 0 fully saturated rings. The van der Waals surface area contributed by atoms with Gasteiger partial charge < -0.3 is 5.73 Å². The Balaban J connectivity index is 2.80. The molecule has 0 aromatic carbocycles. The fourth-order valence-electron chi connectivity index (χ4n) is 0.762. The van der Waals surface area contributed by atoms with E-state index in [0.29, 0.717) is 16.1 Å². The van der Waals surface area contributed by atoms with Gasteiger partial charge in [-0.25, -0.2) is 4.21 Å². The summed E-state index contributed by atoms with van der Waals surface area (Å²) in [6, 6.07) is 0. The van der Waals surface area contributed by atoms with E-state index in [9.17, 15) is 9.00 Å².